The van der Waals surface area contributed by atoms with E-state index in [0.29, 0.717) is 5.69 Å². The Morgan fingerprint density at radius 3 is 2.71 bits per heavy atom. The highest BCUT2D eigenvalue weighted by Gasteiger charge is 2.36. The number of alkyl halides is 3. The van der Waals surface area contributed by atoms with E-state index in [9.17, 15) is 18.0 Å². The van der Waals surface area contributed by atoms with Gasteiger partial charge in [-0.3, -0.25) is 9.89 Å². The van der Waals surface area contributed by atoms with Crippen molar-refractivity contribution in [3.63, 3.8) is 0 Å². The number of carbonyl (C=O) groups is 1. The van der Waals surface area contributed by atoms with E-state index in [1.807, 2.05) is 0 Å². The third-order valence-electron chi connectivity index (χ3n) is 2.02. The highest BCUT2D eigenvalue weighted by molar-refractivity contribution is 5.73. The summed E-state index contributed by atoms with van der Waals surface area (Å²) >= 11 is 0. The summed E-state index contributed by atoms with van der Waals surface area (Å²) in [5.74, 6) is -0.241. The zero-order chi connectivity index (χ0) is 13.1. The maximum absolute atomic E-state index is 12.5. The summed E-state index contributed by atoms with van der Waals surface area (Å²) in [5, 5.41) is 7.95. The van der Waals surface area contributed by atoms with Crippen molar-refractivity contribution in [2.75, 3.05) is 6.54 Å². The Morgan fingerprint density at radius 1 is 1.53 bits per heavy atom. The predicted octanol–water partition coefficient (Wildman–Crippen LogP) is 1.89. The SMILES string of the molecule is CC(=O)NCC=Cc1c(C(F)(F)F)n[nH]c1C. The highest BCUT2D eigenvalue weighted by atomic mass is 19.4. The normalized spacial score (nSPS) is 12.1. The van der Waals surface area contributed by atoms with Crippen LogP contribution >= 0.6 is 0 Å². The van der Waals surface area contributed by atoms with E-state index in [1.165, 1.54) is 26.0 Å². The molecule has 0 saturated heterocycles. The second kappa shape index (κ2) is 5.03. The van der Waals surface area contributed by atoms with Crippen LogP contribution in [0.1, 0.15) is 23.9 Å². The number of aryl methyl sites for hydroxylation is 1. The molecule has 1 amide bonds. The first-order valence-electron chi connectivity index (χ1n) is 4.85. The van der Waals surface area contributed by atoms with Gasteiger partial charge in [-0.25, -0.2) is 0 Å². The number of carbonyl (C=O) groups excluding carboxylic acids is 1. The molecule has 1 aromatic heterocycles. The summed E-state index contributed by atoms with van der Waals surface area (Å²) in [6.07, 6.45) is -1.76. The molecule has 17 heavy (non-hydrogen) atoms. The zero-order valence-corrected chi connectivity index (χ0v) is 9.35. The van der Waals surface area contributed by atoms with Gasteiger partial charge >= 0.3 is 6.18 Å². The molecule has 1 rings (SSSR count). The first-order valence-corrected chi connectivity index (χ1v) is 4.85. The fourth-order valence-corrected chi connectivity index (χ4v) is 1.24. The first kappa shape index (κ1) is 13.3. The van der Waals surface area contributed by atoms with Gasteiger partial charge in [-0.2, -0.15) is 18.3 Å². The number of halogens is 3. The van der Waals surface area contributed by atoms with Gasteiger partial charge in [-0.05, 0) is 6.92 Å². The van der Waals surface area contributed by atoms with Crippen molar-refractivity contribution in [3.05, 3.63) is 23.0 Å². The van der Waals surface area contributed by atoms with E-state index >= 15 is 0 Å². The molecule has 1 aromatic rings. The minimum atomic E-state index is -4.49. The van der Waals surface area contributed by atoms with Crippen LogP contribution in [-0.4, -0.2) is 22.6 Å². The Kier molecular flexibility index (Phi) is 3.93. The van der Waals surface area contributed by atoms with Crippen LogP contribution in [0.2, 0.25) is 0 Å². The van der Waals surface area contributed by atoms with Gasteiger partial charge in [-0.15, -0.1) is 0 Å². The molecule has 0 saturated carbocycles. The molecule has 7 heteroatoms. The topological polar surface area (TPSA) is 57.8 Å². The highest BCUT2D eigenvalue weighted by Crippen LogP contribution is 2.31. The van der Waals surface area contributed by atoms with Gasteiger partial charge in [0.25, 0.3) is 0 Å². The van der Waals surface area contributed by atoms with Crippen molar-refractivity contribution in [1.82, 2.24) is 15.5 Å². The molecular weight excluding hydrogens is 235 g/mol. The maximum Gasteiger partial charge on any atom is 0.435 e. The van der Waals surface area contributed by atoms with Gasteiger partial charge in [0, 0.05) is 24.7 Å². The minimum absolute atomic E-state index is 0.0112. The van der Waals surface area contributed by atoms with Gasteiger partial charge in [-0.1, -0.05) is 12.2 Å². The molecule has 0 aliphatic rings. The first-order chi connectivity index (χ1) is 7.82. The molecule has 0 spiro atoms. The van der Waals surface area contributed by atoms with Crippen molar-refractivity contribution in [2.45, 2.75) is 20.0 Å². The smallest absolute Gasteiger partial charge is 0.353 e. The molecule has 0 atom stereocenters. The number of aromatic amines is 1. The molecule has 94 valence electrons. The maximum atomic E-state index is 12.5. The summed E-state index contributed by atoms with van der Waals surface area (Å²) in [6, 6.07) is 0. The van der Waals surface area contributed by atoms with E-state index in [0.717, 1.165) is 0 Å². The fraction of sp³-hybridized carbons (Fsp3) is 0.400. The van der Waals surface area contributed by atoms with Crippen LogP contribution in [0.5, 0.6) is 0 Å². The number of amides is 1. The van der Waals surface area contributed by atoms with Crippen LogP contribution < -0.4 is 5.32 Å². The quantitative estimate of drug-likeness (QED) is 0.856. The van der Waals surface area contributed by atoms with Crippen LogP contribution in [0.25, 0.3) is 6.08 Å². The summed E-state index contributed by atoms with van der Waals surface area (Å²) in [4.78, 5) is 10.6. The molecule has 4 nitrogen and oxygen atoms in total. The van der Waals surface area contributed by atoms with E-state index in [-0.39, 0.29) is 18.0 Å². The second-order valence-electron chi connectivity index (χ2n) is 3.45. The predicted molar refractivity (Wildman–Crippen MR) is 56.0 cm³/mol. The van der Waals surface area contributed by atoms with E-state index in [2.05, 4.69) is 15.5 Å². The van der Waals surface area contributed by atoms with Crippen molar-refractivity contribution in [1.29, 1.82) is 0 Å². The molecule has 1 heterocycles. The zero-order valence-electron chi connectivity index (χ0n) is 9.35. The monoisotopic (exact) mass is 247 g/mol. The number of hydrogen-bond acceptors (Lipinski definition) is 2. The number of nitrogens with one attached hydrogen (secondary N) is 2. The van der Waals surface area contributed by atoms with Crippen molar-refractivity contribution in [2.24, 2.45) is 0 Å². The lowest BCUT2D eigenvalue weighted by molar-refractivity contribution is -0.141. The number of aromatic nitrogens is 2. The lowest BCUT2D eigenvalue weighted by Gasteiger charge is -2.03. The lowest BCUT2D eigenvalue weighted by Crippen LogP contribution is -2.19. The van der Waals surface area contributed by atoms with Crippen molar-refractivity contribution < 1.29 is 18.0 Å². The molecule has 2 N–H and O–H groups in total. The van der Waals surface area contributed by atoms with Crippen molar-refractivity contribution >= 4 is 12.0 Å². The Labute approximate surface area is 95.9 Å². The van der Waals surface area contributed by atoms with Crippen LogP contribution in [0, 0.1) is 6.92 Å². The number of rotatable bonds is 3. The van der Waals surface area contributed by atoms with Crippen LogP contribution in [0.4, 0.5) is 13.2 Å². The second-order valence-corrected chi connectivity index (χ2v) is 3.45. The summed E-state index contributed by atoms with van der Waals surface area (Å²) in [7, 11) is 0. The minimum Gasteiger partial charge on any atom is -0.353 e. The molecule has 0 aromatic carbocycles. The van der Waals surface area contributed by atoms with Gasteiger partial charge in [0.1, 0.15) is 0 Å². The molecule has 0 bridgehead atoms. The summed E-state index contributed by atoms with van der Waals surface area (Å²) in [5.41, 5.74) is -0.631. The standard InChI is InChI=1S/C10H12F3N3O/c1-6-8(4-3-5-14-7(2)17)9(16-15-6)10(11,12)13/h3-4H,5H2,1-2H3,(H,14,17)(H,15,16). The third kappa shape index (κ3) is 3.61. The summed E-state index contributed by atoms with van der Waals surface area (Å²) in [6.45, 7) is 3.01. The van der Waals surface area contributed by atoms with E-state index in [4.69, 9.17) is 0 Å². The molecular formula is C10H12F3N3O. The average Bonchev–Trinajstić information content (AvgIpc) is 2.54. The number of H-pyrrole nitrogens is 1. The lowest BCUT2D eigenvalue weighted by atomic mass is 10.1. The average molecular weight is 247 g/mol. The molecule has 0 radical (unpaired) electrons. The van der Waals surface area contributed by atoms with Crippen LogP contribution in [0.15, 0.2) is 6.08 Å². The molecule has 0 fully saturated rings. The molecule has 0 aliphatic heterocycles. The number of nitrogens with zero attached hydrogens (tertiary/aromatic N) is 1. The third-order valence-corrected chi connectivity index (χ3v) is 2.02. The number of hydrogen-bond donors (Lipinski definition) is 2. The Bertz CT molecular complexity index is 434. The Balaban J connectivity index is 2.83. The summed E-state index contributed by atoms with van der Waals surface area (Å²) < 4.78 is 37.5. The van der Waals surface area contributed by atoms with E-state index in [1.54, 1.807) is 0 Å². The Hall–Kier alpha value is -1.79. The molecule has 0 aliphatic carbocycles. The van der Waals surface area contributed by atoms with Crippen molar-refractivity contribution in [3.8, 4) is 0 Å². The van der Waals surface area contributed by atoms with Gasteiger partial charge < -0.3 is 5.32 Å². The Morgan fingerprint density at radius 2 is 2.18 bits per heavy atom. The van der Waals surface area contributed by atoms with E-state index < -0.39 is 11.9 Å². The largest absolute Gasteiger partial charge is 0.435 e. The van der Waals surface area contributed by atoms with Crippen LogP contribution in [-0.2, 0) is 11.0 Å². The molecule has 0 unspecified atom stereocenters. The van der Waals surface area contributed by atoms with Gasteiger partial charge in [0.15, 0.2) is 5.69 Å². The van der Waals surface area contributed by atoms with Gasteiger partial charge in [0.05, 0.1) is 0 Å². The van der Waals surface area contributed by atoms with Gasteiger partial charge in [0.2, 0.25) is 5.91 Å². The fourth-order valence-electron chi connectivity index (χ4n) is 1.24. The van der Waals surface area contributed by atoms with Crippen LogP contribution in [0.3, 0.4) is 0 Å².